The molecule has 1 aromatic rings. The molecule has 0 saturated carbocycles. The monoisotopic (exact) mass is 275 g/mol. The first kappa shape index (κ1) is 12.2. The molecule has 0 spiro atoms. The van der Waals surface area contributed by atoms with Crippen LogP contribution in [0, 0.1) is 0 Å². The minimum Gasteiger partial charge on any atom is -0.296 e. The van der Waals surface area contributed by atoms with Crippen molar-refractivity contribution in [2.24, 2.45) is 0 Å². The molecule has 0 fully saturated rings. The average molecular weight is 276 g/mol. The summed E-state index contributed by atoms with van der Waals surface area (Å²) in [6.45, 7) is 9.03. The molecule has 0 aliphatic rings. The van der Waals surface area contributed by atoms with Gasteiger partial charge in [-0.25, -0.2) is 0 Å². The summed E-state index contributed by atoms with van der Waals surface area (Å²) >= 11 is 5.32. The van der Waals surface area contributed by atoms with Crippen LogP contribution in [0.5, 0.6) is 0 Å². The van der Waals surface area contributed by atoms with E-state index in [-0.39, 0.29) is 0 Å². The molecule has 14 heavy (non-hydrogen) atoms. The summed E-state index contributed by atoms with van der Waals surface area (Å²) in [5.41, 5.74) is 0. The molecule has 0 bridgehead atoms. The van der Waals surface area contributed by atoms with Crippen LogP contribution in [0.1, 0.15) is 32.1 Å². The van der Waals surface area contributed by atoms with Gasteiger partial charge in [0, 0.05) is 27.3 Å². The first-order valence-electron chi connectivity index (χ1n) is 5.10. The lowest BCUT2D eigenvalue weighted by atomic mass is 10.3. The third-order valence-electron chi connectivity index (χ3n) is 2.22. The van der Waals surface area contributed by atoms with Crippen LogP contribution in [-0.2, 0) is 6.54 Å². The Balaban J connectivity index is 2.55. The normalized spacial score (nSPS) is 11.6. The minimum atomic E-state index is 0.635. The lowest BCUT2D eigenvalue weighted by molar-refractivity contribution is 0.215. The van der Waals surface area contributed by atoms with E-state index in [2.05, 4.69) is 53.0 Å². The van der Waals surface area contributed by atoms with Crippen LogP contribution in [0.3, 0.4) is 0 Å². The van der Waals surface area contributed by atoms with Crippen molar-refractivity contribution in [3.63, 3.8) is 0 Å². The molecule has 0 N–H and O–H groups in total. The Morgan fingerprint density at radius 3 is 2.64 bits per heavy atom. The largest absolute Gasteiger partial charge is 0.296 e. The molecule has 1 heterocycles. The van der Waals surface area contributed by atoms with Gasteiger partial charge in [0.1, 0.15) is 0 Å². The van der Waals surface area contributed by atoms with Gasteiger partial charge in [-0.15, -0.1) is 11.3 Å². The predicted molar refractivity (Wildman–Crippen MR) is 67.9 cm³/mol. The van der Waals surface area contributed by atoms with Gasteiger partial charge in [-0.05, 0) is 48.8 Å². The lowest BCUT2D eigenvalue weighted by Crippen LogP contribution is -2.30. The summed E-state index contributed by atoms with van der Waals surface area (Å²) < 4.78 is 1.21. The summed E-state index contributed by atoms with van der Waals surface area (Å²) in [4.78, 5) is 3.96. The molecule has 0 amide bonds. The molecule has 0 unspecified atom stereocenters. The Hall–Kier alpha value is 0.140. The number of nitrogens with zero attached hydrogens (tertiary/aromatic N) is 1. The molecule has 0 atom stereocenters. The van der Waals surface area contributed by atoms with Gasteiger partial charge in [0.05, 0.1) is 0 Å². The number of hydrogen-bond donors (Lipinski definition) is 0. The van der Waals surface area contributed by atoms with Crippen molar-refractivity contribution in [2.45, 2.75) is 39.8 Å². The van der Waals surface area contributed by atoms with Gasteiger partial charge >= 0.3 is 0 Å². The number of halogens is 1. The predicted octanol–water partition coefficient (Wildman–Crippen LogP) is 4.13. The fraction of sp³-hybridized carbons (Fsp3) is 0.636. The highest BCUT2D eigenvalue weighted by atomic mass is 79.9. The molecule has 3 heteroatoms. The first-order chi connectivity index (χ1) is 6.63. The smallest absolute Gasteiger partial charge is 0.0331 e. The van der Waals surface area contributed by atoms with E-state index in [0.717, 1.165) is 6.54 Å². The molecule has 0 aliphatic heterocycles. The van der Waals surface area contributed by atoms with Crippen molar-refractivity contribution in [1.29, 1.82) is 0 Å². The van der Waals surface area contributed by atoms with Crippen LogP contribution in [0.15, 0.2) is 15.9 Å². The van der Waals surface area contributed by atoms with E-state index in [4.69, 9.17) is 0 Å². The van der Waals surface area contributed by atoms with Crippen molar-refractivity contribution in [2.75, 3.05) is 6.54 Å². The topological polar surface area (TPSA) is 3.24 Å². The van der Waals surface area contributed by atoms with Crippen LogP contribution >= 0.6 is 27.3 Å². The Kier molecular flexibility index (Phi) is 5.13. The van der Waals surface area contributed by atoms with Crippen LogP contribution < -0.4 is 0 Å². The van der Waals surface area contributed by atoms with Gasteiger partial charge in [-0.2, -0.15) is 0 Å². The molecular formula is C11H18BrNS. The molecule has 80 valence electrons. The van der Waals surface area contributed by atoms with Crippen molar-refractivity contribution < 1.29 is 0 Å². The fourth-order valence-corrected chi connectivity index (χ4v) is 2.92. The van der Waals surface area contributed by atoms with Gasteiger partial charge in [0.15, 0.2) is 0 Å². The SMILES string of the molecule is CCCN(Cc1cc(Br)cs1)C(C)C. The zero-order chi connectivity index (χ0) is 10.6. The van der Waals surface area contributed by atoms with Crippen molar-refractivity contribution in [3.05, 3.63) is 20.8 Å². The second kappa shape index (κ2) is 5.89. The van der Waals surface area contributed by atoms with Crippen LogP contribution in [0.2, 0.25) is 0 Å². The van der Waals surface area contributed by atoms with E-state index in [9.17, 15) is 0 Å². The van der Waals surface area contributed by atoms with Crippen LogP contribution in [-0.4, -0.2) is 17.5 Å². The Bertz CT molecular complexity index is 270. The molecular weight excluding hydrogens is 258 g/mol. The summed E-state index contributed by atoms with van der Waals surface area (Å²) in [7, 11) is 0. The number of rotatable bonds is 5. The Morgan fingerprint density at radius 2 is 2.21 bits per heavy atom. The summed E-state index contributed by atoms with van der Waals surface area (Å²) in [6, 6.07) is 2.85. The van der Waals surface area contributed by atoms with Gasteiger partial charge in [0.25, 0.3) is 0 Å². The number of hydrogen-bond acceptors (Lipinski definition) is 2. The molecule has 0 saturated heterocycles. The van der Waals surface area contributed by atoms with Gasteiger partial charge in [-0.3, -0.25) is 4.90 Å². The molecule has 0 aromatic carbocycles. The van der Waals surface area contributed by atoms with Crippen molar-refractivity contribution >= 4 is 27.3 Å². The standard InChI is InChI=1S/C11H18BrNS/c1-4-5-13(9(2)3)7-11-6-10(12)8-14-11/h6,8-9H,4-5,7H2,1-3H3. The maximum Gasteiger partial charge on any atom is 0.0331 e. The molecule has 1 aromatic heterocycles. The summed E-state index contributed by atoms with van der Waals surface area (Å²) in [6.07, 6.45) is 1.23. The number of thiophene rings is 1. The van der Waals surface area contributed by atoms with Crippen LogP contribution in [0.25, 0.3) is 0 Å². The Labute approximate surface area is 99.3 Å². The molecule has 1 nitrogen and oxygen atoms in total. The minimum absolute atomic E-state index is 0.635. The average Bonchev–Trinajstić information content (AvgIpc) is 2.50. The van der Waals surface area contributed by atoms with E-state index in [1.165, 1.54) is 22.3 Å². The lowest BCUT2D eigenvalue weighted by Gasteiger charge is -2.25. The van der Waals surface area contributed by atoms with Crippen molar-refractivity contribution in [1.82, 2.24) is 4.90 Å². The van der Waals surface area contributed by atoms with E-state index in [1.54, 1.807) is 0 Å². The van der Waals surface area contributed by atoms with Gasteiger partial charge < -0.3 is 0 Å². The summed E-state index contributed by atoms with van der Waals surface area (Å²) in [5.74, 6) is 0. The zero-order valence-electron chi connectivity index (χ0n) is 9.09. The highest BCUT2D eigenvalue weighted by Crippen LogP contribution is 2.21. The summed E-state index contributed by atoms with van der Waals surface area (Å²) in [5, 5.41) is 2.15. The molecule has 0 radical (unpaired) electrons. The first-order valence-corrected chi connectivity index (χ1v) is 6.77. The second-order valence-electron chi connectivity index (χ2n) is 3.80. The molecule has 0 aliphatic carbocycles. The Morgan fingerprint density at radius 1 is 1.50 bits per heavy atom. The van der Waals surface area contributed by atoms with Gasteiger partial charge in [-0.1, -0.05) is 6.92 Å². The third kappa shape index (κ3) is 3.71. The maximum absolute atomic E-state index is 3.49. The van der Waals surface area contributed by atoms with Crippen molar-refractivity contribution in [3.8, 4) is 0 Å². The van der Waals surface area contributed by atoms with Gasteiger partial charge in [0.2, 0.25) is 0 Å². The fourth-order valence-electron chi connectivity index (χ4n) is 1.44. The van der Waals surface area contributed by atoms with E-state index >= 15 is 0 Å². The molecule has 1 rings (SSSR count). The van der Waals surface area contributed by atoms with Crippen LogP contribution in [0.4, 0.5) is 0 Å². The highest BCUT2D eigenvalue weighted by Gasteiger charge is 2.09. The highest BCUT2D eigenvalue weighted by molar-refractivity contribution is 9.10. The van der Waals surface area contributed by atoms with E-state index < -0.39 is 0 Å². The zero-order valence-corrected chi connectivity index (χ0v) is 11.5. The maximum atomic E-state index is 3.49. The third-order valence-corrected chi connectivity index (χ3v) is 3.90. The van der Waals surface area contributed by atoms with E-state index in [1.807, 2.05) is 11.3 Å². The second-order valence-corrected chi connectivity index (χ2v) is 5.71. The van der Waals surface area contributed by atoms with E-state index in [0.29, 0.717) is 6.04 Å². The quantitative estimate of drug-likeness (QED) is 0.781.